The zero-order valence-electron chi connectivity index (χ0n) is 10.6. The molecule has 2 N–H and O–H groups in total. The summed E-state index contributed by atoms with van der Waals surface area (Å²) >= 11 is 0. The van der Waals surface area contributed by atoms with Crippen LogP contribution in [0.5, 0.6) is 0 Å². The van der Waals surface area contributed by atoms with Gasteiger partial charge in [-0.3, -0.25) is 4.90 Å². The zero-order chi connectivity index (χ0) is 12.5. The second kappa shape index (κ2) is 4.46. The molecule has 2 aromatic carbocycles. The molecule has 0 fully saturated rings. The summed E-state index contributed by atoms with van der Waals surface area (Å²) < 4.78 is 0. The van der Waals surface area contributed by atoms with Gasteiger partial charge in [-0.25, -0.2) is 0 Å². The van der Waals surface area contributed by atoms with Crippen molar-refractivity contribution in [2.45, 2.75) is 12.5 Å². The number of fused-ring (bicyclic) bond motifs is 1. The van der Waals surface area contributed by atoms with Crippen LogP contribution in [-0.2, 0) is 6.42 Å². The van der Waals surface area contributed by atoms with Gasteiger partial charge in [-0.15, -0.1) is 0 Å². The number of hydrogen-bond acceptors (Lipinski definition) is 2. The van der Waals surface area contributed by atoms with Crippen molar-refractivity contribution in [2.24, 2.45) is 0 Å². The van der Waals surface area contributed by atoms with Crippen LogP contribution in [0.4, 0.5) is 5.69 Å². The lowest BCUT2D eigenvalue weighted by Crippen LogP contribution is -2.32. The Morgan fingerprint density at radius 1 is 1.06 bits per heavy atom. The highest BCUT2D eigenvalue weighted by molar-refractivity contribution is 5.44. The van der Waals surface area contributed by atoms with Crippen LogP contribution in [0.15, 0.2) is 48.5 Å². The molecule has 2 nitrogen and oxygen atoms in total. The topological polar surface area (TPSA) is 29.3 Å². The largest absolute Gasteiger partial charge is 0.399 e. The van der Waals surface area contributed by atoms with Crippen LogP contribution in [-0.4, -0.2) is 18.5 Å². The first-order valence-electron chi connectivity index (χ1n) is 6.39. The molecule has 2 heteroatoms. The molecule has 0 aromatic heterocycles. The Balaban J connectivity index is 2.07. The molecule has 1 aliphatic rings. The van der Waals surface area contributed by atoms with Gasteiger partial charge in [-0.05, 0) is 42.3 Å². The number of rotatable bonds is 1. The van der Waals surface area contributed by atoms with E-state index in [4.69, 9.17) is 5.73 Å². The third kappa shape index (κ3) is 1.89. The van der Waals surface area contributed by atoms with E-state index in [1.54, 1.807) is 0 Å². The highest BCUT2D eigenvalue weighted by Crippen LogP contribution is 2.34. The van der Waals surface area contributed by atoms with Gasteiger partial charge >= 0.3 is 0 Å². The van der Waals surface area contributed by atoms with Crippen LogP contribution in [0, 0.1) is 0 Å². The Morgan fingerprint density at radius 3 is 2.56 bits per heavy atom. The van der Waals surface area contributed by atoms with E-state index < -0.39 is 0 Å². The Hall–Kier alpha value is -1.80. The monoisotopic (exact) mass is 238 g/mol. The maximum Gasteiger partial charge on any atom is 0.0602 e. The van der Waals surface area contributed by atoms with Crippen LogP contribution in [0.3, 0.4) is 0 Å². The molecule has 92 valence electrons. The van der Waals surface area contributed by atoms with Crippen molar-refractivity contribution in [2.75, 3.05) is 19.3 Å². The number of benzene rings is 2. The second-order valence-electron chi connectivity index (χ2n) is 5.00. The van der Waals surface area contributed by atoms with Crippen molar-refractivity contribution < 1.29 is 0 Å². The highest BCUT2D eigenvalue weighted by Gasteiger charge is 2.25. The van der Waals surface area contributed by atoms with Crippen molar-refractivity contribution in [1.29, 1.82) is 0 Å². The number of nitrogen functional groups attached to an aromatic ring is 1. The number of likely N-dealkylation sites (N-methyl/N-ethyl adjacent to an activating group) is 1. The van der Waals surface area contributed by atoms with Gasteiger partial charge in [0.2, 0.25) is 0 Å². The van der Waals surface area contributed by atoms with Crippen molar-refractivity contribution in [1.82, 2.24) is 4.90 Å². The summed E-state index contributed by atoms with van der Waals surface area (Å²) in [6, 6.07) is 17.3. The fourth-order valence-electron chi connectivity index (χ4n) is 2.80. The Kier molecular flexibility index (Phi) is 2.80. The molecular weight excluding hydrogens is 220 g/mol. The van der Waals surface area contributed by atoms with Crippen LogP contribution in [0.1, 0.15) is 22.7 Å². The minimum Gasteiger partial charge on any atom is -0.399 e. The smallest absolute Gasteiger partial charge is 0.0602 e. The molecule has 1 unspecified atom stereocenters. The van der Waals surface area contributed by atoms with Crippen molar-refractivity contribution in [3.05, 3.63) is 65.2 Å². The average Bonchev–Trinajstić information content (AvgIpc) is 2.40. The normalized spacial score (nSPS) is 19.5. The average molecular weight is 238 g/mol. The molecule has 0 bridgehead atoms. The first kappa shape index (κ1) is 11.3. The Labute approximate surface area is 108 Å². The predicted octanol–water partition coefficient (Wildman–Crippen LogP) is 2.85. The molecular formula is C16H18N2. The third-order valence-corrected chi connectivity index (χ3v) is 3.78. The molecule has 1 aliphatic heterocycles. The molecule has 3 rings (SSSR count). The fraction of sp³-hybridized carbons (Fsp3) is 0.250. The Bertz CT molecular complexity index is 545. The molecule has 1 heterocycles. The summed E-state index contributed by atoms with van der Waals surface area (Å²) in [5.74, 6) is 0. The van der Waals surface area contributed by atoms with E-state index >= 15 is 0 Å². The number of anilines is 1. The summed E-state index contributed by atoms with van der Waals surface area (Å²) in [6.45, 7) is 1.10. The van der Waals surface area contributed by atoms with Crippen LogP contribution < -0.4 is 5.73 Å². The van der Waals surface area contributed by atoms with Gasteiger partial charge in [-0.1, -0.05) is 36.4 Å². The van der Waals surface area contributed by atoms with E-state index in [-0.39, 0.29) is 0 Å². The predicted molar refractivity (Wildman–Crippen MR) is 75.5 cm³/mol. The van der Waals surface area contributed by atoms with Gasteiger partial charge in [0.05, 0.1) is 6.04 Å². The lowest BCUT2D eigenvalue weighted by Gasteiger charge is -2.35. The summed E-state index contributed by atoms with van der Waals surface area (Å²) in [6.07, 6.45) is 1.14. The summed E-state index contributed by atoms with van der Waals surface area (Å²) in [7, 11) is 2.19. The standard InChI is InChI=1S/C16H18N2/c1-18-11-10-12-4-2-3-5-15(12)16(18)13-6-8-14(17)9-7-13/h2-9,16H,10-11,17H2,1H3. The first-order chi connectivity index (χ1) is 8.75. The highest BCUT2D eigenvalue weighted by atomic mass is 15.1. The van der Waals surface area contributed by atoms with E-state index in [0.29, 0.717) is 6.04 Å². The number of nitrogens with two attached hydrogens (primary N) is 1. The molecule has 0 amide bonds. The van der Waals surface area contributed by atoms with E-state index in [9.17, 15) is 0 Å². The lowest BCUT2D eigenvalue weighted by atomic mass is 9.88. The summed E-state index contributed by atoms with van der Waals surface area (Å²) in [5.41, 5.74) is 10.8. The Morgan fingerprint density at radius 2 is 1.78 bits per heavy atom. The number of hydrogen-bond donors (Lipinski definition) is 1. The molecule has 1 atom stereocenters. The summed E-state index contributed by atoms with van der Waals surface area (Å²) in [4.78, 5) is 2.41. The van der Waals surface area contributed by atoms with Gasteiger partial charge in [-0.2, -0.15) is 0 Å². The van der Waals surface area contributed by atoms with E-state index in [1.165, 1.54) is 16.7 Å². The second-order valence-corrected chi connectivity index (χ2v) is 5.00. The molecule has 0 aliphatic carbocycles. The van der Waals surface area contributed by atoms with Crippen LogP contribution >= 0.6 is 0 Å². The molecule has 0 spiro atoms. The van der Waals surface area contributed by atoms with Crippen molar-refractivity contribution in [3.8, 4) is 0 Å². The van der Waals surface area contributed by atoms with Crippen molar-refractivity contribution in [3.63, 3.8) is 0 Å². The quantitative estimate of drug-likeness (QED) is 0.774. The summed E-state index contributed by atoms with van der Waals surface area (Å²) in [5, 5.41) is 0. The zero-order valence-corrected chi connectivity index (χ0v) is 10.6. The first-order valence-corrected chi connectivity index (χ1v) is 6.39. The minimum absolute atomic E-state index is 0.357. The molecule has 0 radical (unpaired) electrons. The minimum atomic E-state index is 0.357. The number of nitrogens with zero attached hydrogens (tertiary/aromatic N) is 1. The fourth-order valence-corrected chi connectivity index (χ4v) is 2.80. The molecule has 18 heavy (non-hydrogen) atoms. The van der Waals surface area contributed by atoms with E-state index in [2.05, 4.69) is 48.3 Å². The van der Waals surface area contributed by atoms with E-state index in [1.807, 2.05) is 12.1 Å². The molecule has 0 saturated heterocycles. The maximum absolute atomic E-state index is 5.77. The molecule has 0 saturated carbocycles. The van der Waals surface area contributed by atoms with Crippen LogP contribution in [0.25, 0.3) is 0 Å². The van der Waals surface area contributed by atoms with Crippen LogP contribution in [0.2, 0.25) is 0 Å². The van der Waals surface area contributed by atoms with Gasteiger partial charge in [0.25, 0.3) is 0 Å². The lowest BCUT2D eigenvalue weighted by molar-refractivity contribution is 0.265. The van der Waals surface area contributed by atoms with Gasteiger partial charge in [0.1, 0.15) is 0 Å². The molecule has 2 aromatic rings. The third-order valence-electron chi connectivity index (χ3n) is 3.78. The maximum atomic E-state index is 5.77. The van der Waals surface area contributed by atoms with Gasteiger partial charge in [0.15, 0.2) is 0 Å². The van der Waals surface area contributed by atoms with Crippen molar-refractivity contribution >= 4 is 5.69 Å². The SMILES string of the molecule is CN1CCc2ccccc2C1c1ccc(N)cc1. The van der Waals surface area contributed by atoms with Gasteiger partial charge < -0.3 is 5.73 Å². The van der Waals surface area contributed by atoms with Gasteiger partial charge in [0, 0.05) is 12.2 Å². The van der Waals surface area contributed by atoms with E-state index in [0.717, 1.165) is 18.7 Å².